The second kappa shape index (κ2) is 7.76. The first-order valence-corrected chi connectivity index (χ1v) is 8.13. The predicted molar refractivity (Wildman–Crippen MR) is 82.0 cm³/mol. The maximum Gasteiger partial charge on any atom is 0.310 e. The van der Waals surface area contributed by atoms with Gasteiger partial charge >= 0.3 is 5.97 Å². The Morgan fingerprint density at radius 3 is 2.85 bits per heavy atom. The summed E-state index contributed by atoms with van der Waals surface area (Å²) in [5, 5.41) is 3.48. The van der Waals surface area contributed by atoms with Gasteiger partial charge in [-0.15, -0.1) is 11.3 Å². The van der Waals surface area contributed by atoms with Gasteiger partial charge in [0.15, 0.2) is 0 Å². The van der Waals surface area contributed by atoms with Crippen molar-refractivity contribution in [2.24, 2.45) is 0 Å². The van der Waals surface area contributed by atoms with E-state index in [1.807, 2.05) is 6.07 Å². The lowest BCUT2D eigenvalue weighted by atomic mass is 10.3. The molecule has 5 heteroatoms. The SMILES string of the molecule is CCN(CCNCc1ccc(CC(=O)OC)s1)C1CC1. The van der Waals surface area contributed by atoms with E-state index in [-0.39, 0.29) is 5.97 Å². The molecule has 1 aromatic heterocycles. The van der Waals surface area contributed by atoms with Gasteiger partial charge in [-0.05, 0) is 31.5 Å². The van der Waals surface area contributed by atoms with E-state index in [1.54, 1.807) is 11.3 Å². The van der Waals surface area contributed by atoms with E-state index in [4.69, 9.17) is 0 Å². The third-order valence-corrected chi connectivity index (χ3v) is 4.69. The molecule has 0 spiro atoms. The van der Waals surface area contributed by atoms with Crippen molar-refractivity contribution in [1.29, 1.82) is 0 Å². The first-order valence-electron chi connectivity index (χ1n) is 7.32. The van der Waals surface area contributed by atoms with Crippen LogP contribution in [0.25, 0.3) is 0 Å². The van der Waals surface area contributed by atoms with Crippen LogP contribution in [0.15, 0.2) is 12.1 Å². The monoisotopic (exact) mass is 296 g/mol. The standard InChI is InChI=1S/C15H24N2O2S/c1-3-17(12-4-5-12)9-8-16-11-14-7-6-13(20-14)10-15(18)19-2/h6-7,12,16H,3-5,8-11H2,1-2H3. The average Bonchev–Trinajstić information content (AvgIpc) is 3.20. The van der Waals surface area contributed by atoms with Crippen molar-refractivity contribution >= 4 is 17.3 Å². The summed E-state index contributed by atoms with van der Waals surface area (Å²) < 4.78 is 4.68. The van der Waals surface area contributed by atoms with Crippen molar-refractivity contribution in [3.05, 3.63) is 21.9 Å². The Morgan fingerprint density at radius 1 is 1.45 bits per heavy atom. The summed E-state index contributed by atoms with van der Waals surface area (Å²) in [5.74, 6) is -0.172. The highest BCUT2D eigenvalue weighted by atomic mass is 32.1. The number of likely N-dealkylation sites (N-methyl/N-ethyl adjacent to an activating group) is 1. The lowest BCUT2D eigenvalue weighted by molar-refractivity contribution is -0.139. The van der Waals surface area contributed by atoms with E-state index in [1.165, 1.54) is 24.8 Å². The fourth-order valence-corrected chi connectivity index (χ4v) is 3.27. The molecule has 0 unspecified atom stereocenters. The summed E-state index contributed by atoms with van der Waals surface area (Å²) in [6.07, 6.45) is 3.12. The zero-order valence-electron chi connectivity index (χ0n) is 12.4. The smallest absolute Gasteiger partial charge is 0.310 e. The van der Waals surface area contributed by atoms with Crippen LogP contribution < -0.4 is 5.32 Å². The highest BCUT2D eigenvalue weighted by Gasteiger charge is 2.26. The minimum atomic E-state index is -0.172. The minimum Gasteiger partial charge on any atom is -0.469 e. The number of ether oxygens (including phenoxy) is 1. The summed E-state index contributed by atoms with van der Waals surface area (Å²) >= 11 is 1.68. The van der Waals surface area contributed by atoms with Crippen molar-refractivity contribution in [3.63, 3.8) is 0 Å². The summed E-state index contributed by atoms with van der Waals surface area (Å²) in [5.41, 5.74) is 0. The van der Waals surface area contributed by atoms with Gasteiger partial charge in [0.05, 0.1) is 13.5 Å². The Bertz CT molecular complexity index is 429. The lowest BCUT2D eigenvalue weighted by Crippen LogP contribution is -2.33. The Morgan fingerprint density at radius 2 is 2.20 bits per heavy atom. The van der Waals surface area contributed by atoms with E-state index in [2.05, 4.69) is 27.9 Å². The number of thiophene rings is 1. The molecule has 0 bridgehead atoms. The zero-order valence-corrected chi connectivity index (χ0v) is 13.2. The number of methoxy groups -OCH3 is 1. The molecule has 1 heterocycles. The maximum absolute atomic E-state index is 11.2. The zero-order chi connectivity index (χ0) is 14.4. The average molecular weight is 296 g/mol. The molecule has 0 radical (unpaired) electrons. The molecule has 4 nitrogen and oxygen atoms in total. The second-order valence-corrected chi connectivity index (χ2v) is 6.41. The van der Waals surface area contributed by atoms with Gasteiger partial charge in [0.25, 0.3) is 0 Å². The van der Waals surface area contributed by atoms with Gasteiger partial charge < -0.3 is 10.1 Å². The second-order valence-electron chi connectivity index (χ2n) is 5.16. The molecular weight excluding hydrogens is 272 g/mol. The van der Waals surface area contributed by atoms with Gasteiger partial charge in [0.2, 0.25) is 0 Å². The molecule has 0 amide bonds. The summed E-state index contributed by atoms with van der Waals surface area (Å²) in [6.45, 7) is 6.41. The van der Waals surface area contributed by atoms with Crippen LogP contribution in [0.3, 0.4) is 0 Å². The van der Waals surface area contributed by atoms with Crippen molar-refractivity contribution in [2.75, 3.05) is 26.7 Å². The fourth-order valence-electron chi connectivity index (χ4n) is 2.30. The number of hydrogen-bond donors (Lipinski definition) is 1. The first kappa shape index (κ1) is 15.5. The number of carbonyl (C=O) groups is 1. The van der Waals surface area contributed by atoms with E-state index in [0.29, 0.717) is 6.42 Å². The molecule has 1 N–H and O–H groups in total. The Balaban J connectivity index is 1.65. The number of carbonyl (C=O) groups excluding carboxylic acids is 1. The van der Waals surface area contributed by atoms with Gasteiger partial charge in [0.1, 0.15) is 0 Å². The molecule has 112 valence electrons. The number of hydrogen-bond acceptors (Lipinski definition) is 5. The predicted octanol–water partition coefficient (Wildman–Crippen LogP) is 2.04. The van der Waals surface area contributed by atoms with Crippen LogP contribution in [0, 0.1) is 0 Å². The van der Waals surface area contributed by atoms with Gasteiger partial charge in [-0.1, -0.05) is 6.92 Å². The molecular formula is C15H24N2O2S. The van der Waals surface area contributed by atoms with Gasteiger partial charge in [0, 0.05) is 35.4 Å². The van der Waals surface area contributed by atoms with Gasteiger partial charge in [-0.3, -0.25) is 9.69 Å². The Hall–Kier alpha value is -0.910. The molecule has 0 atom stereocenters. The first-order chi connectivity index (χ1) is 9.72. The van der Waals surface area contributed by atoms with Crippen LogP contribution in [-0.4, -0.2) is 43.7 Å². The lowest BCUT2D eigenvalue weighted by Gasteiger charge is -2.19. The van der Waals surface area contributed by atoms with Crippen LogP contribution in [0.1, 0.15) is 29.5 Å². The van der Waals surface area contributed by atoms with E-state index >= 15 is 0 Å². The minimum absolute atomic E-state index is 0.172. The van der Waals surface area contributed by atoms with Gasteiger partial charge in [-0.25, -0.2) is 0 Å². The number of esters is 1. The molecule has 1 aliphatic rings. The Kier molecular flexibility index (Phi) is 6.01. The molecule has 1 aliphatic carbocycles. The highest BCUT2D eigenvalue weighted by molar-refractivity contribution is 7.12. The number of nitrogens with one attached hydrogen (secondary N) is 1. The number of rotatable bonds is 9. The normalized spacial score (nSPS) is 14.8. The quantitative estimate of drug-likeness (QED) is 0.559. The molecule has 0 saturated heterocycles. The molecule has 1 saturated carbocycles. The third kappa shape index (κ3) is 4.89. The fraction of sp³-hybridized carbons (Fsp3) is 0.667. The third-order valence-electron chi connectivity index (χ3n) is 3.61. The van der Waals surface area contributed by atoms with Crippen molar-refractivity contribution in [2.45, 2.75) is 38.8 Å². The maximum atomic E-state index is 11.2. The van der Waals surface area contributed by atoms with Crippen molar-refractivity contribution in [3.8, 4) is 0 Å². The van der Waals surface area contributed by atoms with Crippen LogP contribution in [0.5, 0.6) is 0 Å². The topological polar surface area (TPSA) is 41.6 Å². The highest BCUT2D eigenvalue weighted by Crippen LogP contribution is 2.25. The van der Waals surface area contributed by atoms with E-state index < -0.39 is 0 Å². The molecule has 0 aliphatic heterocycles. The Labute approximate surface area is 125 Å². The van der Waals surface area contributed by atoms with Crippen LogP contribution in [0.2, 0.25) is 0 Å². The number of nitrogens with zero attached hydrogens (tertiary/aromatic N) is 1. The van der Waals surface area contributed by atoms with Crippen LogP contribution in [-0.2, 0) is 22.5 Å². The van der Waals surface area contributed by atoms with E-state index in [0.717, 1.165) is 37.1 Å². The van der Waals surface area contributed by atoms with Crippen molar-refractivity contribution in [1.82, 2.24) is 10.2 Å². The van der Waals surface area contributed by atoms with E-state index in [9.17, 15) is 4.79 Å². The van der Waals surface area contributed by atoms with Crippen molar-refractivity contribution < 1.29 is 9.53 Å². The summed E-state index contributed by atoms with van der Waals surface area (Å²) in [4.78, 5) is 16.1. The molecule has 0 aromatic carbocycles. The molecule has 1 fully saturated rings. The summed E-state index contributed by atoms with van der Waals surface area (Å²) in [6, 6.07) is 4.95. The van der Waals surface area contributed by atoms with Crippen LogP contribution >= 0.6 is 11.3 Å². The summed E-state index contributed by atoms with van der Waals surface area (Å²) in [7, 11) is 1.43. The molecule has 2 rings (SSSR count). The molecule has 20 heavy (non-hydrogen) atoms. The van der Waals surface area contributed by atoms with Gasteiger partial charge in [-0.2, -0.15) is 0 Å². The molecule has 1 aromatic rings. The largest absolute Gasteiger partial charge is 0.469 e. The van der Waals surface area contributed by atoms with Crippen LogP contribution in [0.4, 0.5) is 0 Å².